The number of aliphatic hydroxyl groups excluding tert-OH is 1. The van der Waals surface area contributed by atoms with Crippen LogP contribution < -0.4 is 0 Å². The summed E-state index contributed by atoms with van der Waals surface area (Å²) in [6, 6.07) is 13.0. The Morgan fingerprint density at radius 3 is 2.50 bits per heavy atom. The Labute approximate surface area is 138 Å². The van der Waals surface area contributed by atoms with Crippen molar-refractivity contribution in [1.29, 1.82) is 0 Å². The molecule has 112 valence electrons. The van der Waals surface area contributed by atoms with Gasteiger partial charge in [0, 0.05) is 15.6 Å². The summed E-state index contributed by atoms with van der Waals surface area (Å²) in [6.45, 7) is 0.362. The average Bonchev–Trinajstić information content (AvgIpc) is 3.00. The molecule has 0 radical (unpaired) electrons. The summed E-state index contributed by atoms with van der Waals surface area (Å²) in [5.41, 5.74) is 2.69. The number of rotatable bonds is 4. The predicted octanol–water partition coefficient (Wildman–Crippen LogP) is 3.99. The molecule has 0 amide bonds. The maximum absolute atomic E-state index is 10.2. The highest BCUT2D eigenvalue weighted by atomic mass is 35.5. The van der Waals surface area contributed by atoms with Gasteiger partial charge in [-0.2, -0.15) is 5.10 Å². The zero-order valence-electron chi connectivity index (χ0n) is 11.5. The summed E-state index contributed by atoms with van der Waals surface area (Å²) in [5, 5.41) is 15.4. The number of aliphatic hydroxyl groups is 1. The van der Waals surface area contributed by atoms with E-state index in [1.165, 1.54) is 6.33 Å². The van der Waals surface area contributed by atoms with E-state index in [0.29, 0.717) is 16.6 Å². The van der Waals surface area contributed by atoms with Crippen molar-refractivity contribution in [3.05, 3.63) is 70.7 Å². The summed E-state index contributed by atoms with van der Waals surface area (Å²) >= 11 is 12.1. The summed E-state index contributed by atoms with van der Waals surface area (Å²) in [5.74, 6) is 0. The molecule has 3 rings (SSSR count). The van der Waals surface area contributed by atoms with Crippen molar-refractivity contribution in [3.63, 3.8) is 0 Å². The van der Waals surface area contributed by atoms with Gasteiger partial charge < -0.3 is 5.11 Å². The lowest BCUT2D eigenvalue weighted by Gasteiger charge is -2.12. The van der Waals surface area contributed by atoms with E-state index >= 15 is 0 Å². The Morgan fingerprint density at radius 2 is 1.86 bits per heavy atom. The molecule has 2 aromatic carbocycles. The molecule has 0 aliphatic heterocycles. The number of nitrogens with zero attached hydrogens (tertiary/aromatic N) is 3. The van der Waals surface area contributed by atoms with Crippen molar-refractivity contribution in [2.45, 2.75) is 12.6 Å². The van der Waals surface area contributed by atoms with E-state index in [9.17, 15) is 5.11 Å². The van der Waals surface area contributed by atoms with Crippen LogP contribution >= 0.6 is 23.2 Å². The molecule has 0 saturated carbocycles. The molecule has 3 aromatic rings. The third kappa shape index (κ3) is 3.30. The van der Waals surface area contributed by atoms with Gasteiger partial charge in [0.25, 0.3) is 0 Å². The topological polar surface area (TPSA) is 50.9 Å². The Kier molecular flexibility index (Phi) is 4.43. The van der Waals surface area contributed by atoms with Crippen molar-refractivity contribution < 1.29 is 5.11 Å². The van der Waals surface area contributed by atoms with Crippen LogP contribution in [0.5, 0.6) is 0 Å². The van der Waals surface area contributed by atoms with Crippen molar-refractivity contribution >= 4 is 23.2 Å². The molecule has 4 nitrogen and oxygen atoms in total. The van der Waals surface area contributed by atoms with E-state index in [4.69, 9.17) is 23.2 Å². The third-order valence-corrected chi connectivity index (χ3v) is 3.91. The summed E-state index contributed by atoms with van der Waals surface area (Å²) in [4.78, 5) is 3.85. The van der Waals surface area contributed by atoms with Gasteiger partial charge in [-0.3, -0.25) is 4.68 Å². The lowest BCUT2D eigenvalue weighted by Crippen LogP contribution is -2.08. The Balaban J connectivity index is 1.80. The number of aromatic nitrogens is 3. The van der Waals surface area contributed by atoms with Crippen LogP contribution in [-0.2, 0) is 6.54 Å². The first-order valence-electron chi connectivity index (χ1n) is 6.69. The number of hydrogen-bond donors (Lipinski definition) is 1. The molecule has 0 aliphatic carbocycles. The number of hydrogen-bond acceptors (Lipinski definition) is 3. The minimum Gasteiger partial charge on any atom is -0.386 e. The predicted molar refractivity (Wildman–Crippen MR) is 86.9 cm³/mol. The molecule has 0 aliphatic rings. The van der Waals surface area contributed by atoms with Crippen LogP contribution in [0.25, 0.3) is 11.1 Å². The monoisotopic (exact) mass is 333 g/mol. The smallest absolute Gasteiger partial charge is 0.137 e. The van der Waals surface area contributed by atoms with E-state index < -0.39 is 6.10 Å². The van der Waals surface area contributed by atoms with Crippen LogP contribution in [0.2, 0.25) is 10.0 Å². The minimum atomic E-state index is -0.642. The average molecular weight is 334 g/mol. The van der Waals surface area contributed by atoms with Crippen molar-refractivity contribution in [2.75, 3.05) is 0 Å². The Bertz CT molecular complexity index is 758. The van der Waals surface area contributed by atoms with Gasteiger partial charge in [0.05, 0.1) is 12.6 Å². The van der Waals surface area contributed by atoms with Crippen LogP contribution in [0.4, 0.5) is 0 Å². The molecule has 1 N–H and O–H groups in total. The second-order valence-electron chi connectivity index (χ2n) is 4.88. The summed E-state index contributed by atoms with van der Waals surface area (Å²) < 4.78 is 1.59. The van der Waals surface area contributed by atoms with Crippen molar-refractivity contribution in [2.24, 2.45) is 0 Å². The number of halogens is 2. The third-order valence-electron chi connectivity index (χ3n) is 3.36. The summed E-state index contributed by atoms with van der Waals surface area (Å²) in [7, 11) is 0. The molecule has 1 aromatic heterocycles. The molecular weight excluding hydrogens is 321 g/mol. The minimum absolute atomic E-state index is 0.362. The maximum Gasteiger partial charge on any atom is 0.137 e. The number of benzene rings is 2. The first kappa shape index (κ1) is 15.0. The van der Waals surface area contributed by atoms with Crippen LogP contribution in [0.15, 0.2) is 55.1 Å². The van der Waals surface area contributed by atoms with Gasteiger partial charge in [0.15, 0.2) is 0 Å². The van der Waals surface area contributed by atoms with Gasteiger partial charge in [0.1, 0.15) is 12.7 Å². The van der Waals surface area contributed by atoms with Gasteiger partial charge in [-0.1, -0.05) is 53.5 Å². The van der Waals surface area contributed by atoms with Gasteiger partial charge in [-0.15, -0.1) is 0 Å². The molecular formula is C16H13Cl2N3O. The fraction of sp³-hybridized carbons (Fsp3) is 0.125. The quantitative estimate of drug-likeness (QED) is 0.785. The molecule has 6 heteroatoms. The SMILES string of the molecule is OC(Cn1cncn1)c1ccc(-c2ccc(Cl)cc2Cl)cc1. The van der Waals surface area contributed by atoms with Gasteiger partial charge in [0.2, 0.25) is 0 Å². The molecule has 1 heterocycles. The van der Waals surface area contributed by atoms with Gasteiger partial charge >= 0.3 is 0 Å². The van der Waals surface area contributed by atoms with E-state index in [1.54, 1.807) is 23.1 Å². The second kappa shape index (κ2) is 6.48. The molecule has 0 spiro atoms. The van der Waals surface area contributed by atoms with Crippen LogP contribution in [0.1, 0.15) is 11.7 Å². The van der Waals surface area contributed by atoms with Gasteiger partial charge in [-0.25, -0.2) is 4.98 Å². The van der Waals surface area contributed by atoms with E-state index in [-0.39, 0.29) is 0 Å². The Morgan fingerprint density at radius 1 is 1.09 bits per heavy atom. The highest BCUT2D eigenvalue weighted by molar-refractivity contribution is 6.36. The lowest BCUT2D eigenvalue weighted by atomic mass is 10.0. The lowest BCUT2D eigenvalue weighted by molar-refractivity contribution is 0.151. The zero-order valence-corrected chi connectivity index (χ0v) is 13.0. The van der Waals surface area contributed by atoms with Crippen LogP contribution in [0, 0.1) is 0 Å². The zero-order chi connectivity index (χ0) is 15.5. The first-order chi connectivity index (χ1) is 10.6. The normalized spacial score (nSPS) is 12.3. The standard InChI is InChI=1S/C16H13Cl2N3O/c17-13-5-6-14(15(18)7-13)11-1-3-12(4-2-11)16(22)8-21-10-19-9-20-21/h1-7,9-10,16,22H,8H2. The Hall–Kier alpha value is -1.88. The molecule has 0 fully saturated rings. The molecule has 0 saturated heterocycles. The fourth-order valence-corrected chi connectivity index (χ4v) is 2.74. The molecule has 1 unspecified atom stereocenters. The molecule has 22 heavy (non-hydrogen) atoms. The maximum atomic E-state index is 10.2. The van der Waals surface area contributed by atoms with Crippen LogP contribution in [-0.4, -0.2) is 19.9 Å². The van der Waals surface area contributed by atoms with Crippen molar-refractivity contribution in [1.82, 2.24) is 14.8 Å². The van der Waals surface area contributed by atoms with Crippen molar-refractivity contribution in [3.8, 4) is 11.1 Å². The van der Waals surface area contributed by atoms with Crippen LogP contribution in [0.3, 0.4) is 0 Å². The first-order valence-corrected chi connectivity index (χ1v) is 7.45. The second-order valence-corrected chi connectivity index (χ2v) is 5.72. The van der Waals surface area contributed by atoms with E-state index in [0.717, 1.165) is 16.7 Å². The van der Waals surface area contributed by atoms with Gasteiger partial charge in [-0.05, 0) is 23.3 Å². The largest absolute Gasteiger partial charge is 0.386 e. The fourth-order valence-electron chi connectivity index (χ4n) is 2.22. The van der Waals surface area contributed by atoms with E-state index in [1.807, 2.05) is 30.3 Å². The van der Waals surface area contributed by atoms with E-state index in [2.05, 4.69) is 10.1 Å². The highest BCUT2D eigenvalue weighted by Gasteiger charge is 2.10. The highest BCUT2D eigenvalue weighted by Crippen LogP contribution is 2.31. The molecule has 0 bridgehead atoms. The molecule has 1 atom stereocenters. The summed E-state index contributed by atoms with van der Waals surface area (Å²) in [6.07, 6.45) is 2.38.